The van der Waals surface area contributed by atoms with Crippen molar-refractivity contribution in [2.45, 2.75) is 6.54 Å². The number of nitriles is 1. The van der Waals surface area contributed by atoms with Gasteiger partial charge in [-0.3, -0.25) is 4.79 Å². The van der Waals surface area contributed by atoms with Gasteiger partial charge in [0.15, 0.2) is 0 Å². The molecule has 20 heavy (non-hydrogen) atoms. The average Bonchev–Trinajstić information content (AvgIpc) is 2.71. The molecular formula is C15H9BrN2O2. The number of nitrogens with zero attached hydrogens (tertiary/aromatic N) is 2. The molecule has 0 radical (unpaired) electrons. The van der Waals surface area contributed by atoms with Gasteiger partial charge in [-0.15, -0.1) is 0 Å². The summed E-state index contributed by atoms with van der Waals surface area (Å²) in [7, 11) is 0. The number of hydrogen-bond acceptors (Lipinski definition) is 2. The second kappa shape index (κ2) is 4.66. The van der Waals surface area contributed by atoms with E-state index in [0.29, 0.717) is 5.56 Å². The predicted molar refractivity (Wildman–Crippen MR) is 79.5 cm³/mol. The largest absolute Gasteiger partial charge is 0.480 e. The van der Waals surface area contributed by atoms with E-state index in [4.69, 9.17) is 10.4 Å². The molecule has 0 fully saturated rings. The Morgan fingerprint density at radius 2 is 1.85 bits per heavy atom. The van der Waals surface area contributed by atoms with Gasteiger partial charge in [0, 0.05) is 26.3 Å². The van der Waals surface area contributed by atoms with Gasteiger partial charge in [0.1, 0.15) is 6.54 Å². The van der Waals surface area contributed by atoms with Crippen molar-refractivity contribution in [3.05, 3.63) is 46.4 Å². The maximum absolute atomic E-state index is 11.1. The standard InChI is InChI=1S/C15H9BrN2O2/c16-10-2-4-14-12(6-10)11-5-9(7-17)1-3-13(11)18(14)8-15(19)20/h1-6H,8H2,(H,19,20). The molecule has 1 N–H and O–H groups in total. The van der Waals surface area contributed by atoms with Crippen LogP contribution in [0.15, 0.2) is 40.9 Å². The third-order valence-corrected chi connectivity index (χ3v) is 3.74. The summed E-state index contributed by atoms with van der Waals surface area (Å²) in [6.07, 6.45) is 0. The molecule has 0 aliphatic rings. The number of benzene rings is 2. The monoisotopic (exact) mass is 328 g/mol. The van der Waals surface area contributed by atoms with Crippen molar-refractivity contribution in [1.29, 1.82) is 5.26 Å². The summed E-state index contributed by atoms with van der Waals surface area (Å²) in [4.78, 5) is 11.1. The van der Waals surface area contributed by atoms with Crippen LogP contribution >= 0.6 is 15.9 Å². The molecule has 3 rings (SSSR count). The van der Waals surface area contributed by atoms with Gasteiger partial charge in [0.2, 0.25) is 0 Å². The Morgan fingerprint density at radius 3 is 2.50 bits per heavy atom. The van der Waals surface area contributed by atoms with Crippen molar-refractivity contribution in [3.8, 4) is 6.07 Å². The third-order valence-electron chi connectivity index (χ3n) is 3.25. The number of halogens is 1. The van der Waals surface area contributed by atoms with Crippen LogP contribution in [0.4, 0.5) is 0 Å². The van der Waals surface area contributed by atoms with E-state index in [1.165, 1.54) is 0 Å². The topological polar surface area (TPSA) is 66.0 Å². The molecule has 0 spiro atoms. The molecule has 0 bridgehead atoms. The van der Waals surface area contributed by atoms with Crippen LogP contribution in [0, 0.1) is 11.3 Å². The van der Waals surface area contributed by atoms with Crippen LogP contribution in [-0.4, -0.2) is 15.6 Å². The summed E-state index contributed by atoms with van der Waals surface area (Å²) in [6, 6.07) is 13.1. The van der Waals surface area contributed by atoms with Gasteiger partial charge in [-0.05, 0) is 36.4 Å². The van der Waals surface area contributed by atoms with Gasteiger partial charge in [-0.2, -0.15) is 5.26 Å². The molecule has 0 unspecified atom stereocenters. The summed E-state index contributed by atoms with van der Waals surface area (Å²) < 4.78 is 2.67. The summed E-state index contributed by atoms with van der Waals surface area (Å²) in [5, 5.41) is 19.9. The Balaban J connectivity index is 2.46. The fraction of sp³-hybridized carbons (Fsp3) is 0.0667. The van der Waals surface area contributed by atoms with E-state index in [1.54, 1.807) is 22.8 Å². The number of hydrogen-bond donors (Lipinski definition) is 1. The number of fused-ring (bicyclic) bond motifs is 3. The molecule has 0 atom stereocenters. The minimum Gasteiger partial charge on any atom is -0.480 e. The van der Waals surface area contributed by atoms with E-state index in [1.807, 2.05) is 18.2 Å². The molecule has 2 aromatic carbocycles. The van der Waals surface area contributed by atoms with Gasteiger partial charge in [-0.1, -0.05) is 15.9 Å². The van der Waals surface area contributed by atoms with E-state index in [9.17, 15) is 4.79 Å². The van der Waals surface area contributed by atoms with Crippen LogP contribution in [0.1, 0.15) is 5.56 Å². The van der Waals surface area contributed by atoms with Crippen molar-refractivity contribution in [2.75, 3.05) is 0 Å². The summed E-state index contributed by atoms with van der Waals surface area (Å²) in [6.45, 7) is -0.104. The lowest BCUT2D eigenvalue weighted by atomic mass is 10.1. The number of carbonyl (C=O) groups is 1. The van der Waals surface area contributed by atoms with E-state index in [2.05, 4.69) is 22.0 Å². The Morgan fingerprint density at radius 1 is 1.20 bits per heavy atom. The molecule has 0 aliphatic carbocycles. The van der Waals surface area contributed by atoms with E-state index in [0.717, 1.165) is 26.3 Å². The molecule has 3 aromatic rings. The van der Waals surface area contributed by atoms with Gasteiger partial charge in [0.05, 0.1) is 11.6 Å². The first-order chi connectivity index (χ1) is 9.60. The van der Waals surface area contributed by atoms with Gasteiger partial charge in [0.25, 0.3) is 0 Å². The Hall–Kier alpha value is -2.32. The Labute approximate surface area is 123 Å². The average molecular weight is 329 g/mol. The molecule has 0 saturated carbocycles. The van der Waals surface area contributed by atoms with Crippen LogP contribution in [0.25, 0.3) is 21.8 Å². The lowest BCUT2D eigenvalue weighted by Crippen LogP contribution is -2.08. The van der Waals surface area contributed by atoms with Crippen LogP contribution in [0.3, 0.4) is 0 Å². The fourth-order valence-electron chi connectivity index (χ4n) is 2.45. The van der Waals surface area contributed by atoms with Gasteiger partial charge < -0.3 is 9.67 Å². The molecule has 5 heteroatoms. The molecular weight excluding hydrogens is 320 g/mol. The van der Waals surface area contributed by atoms with Crippen molar-refractivity contribution < 1.29 is 9.90 Å². The van der Waals surface area contributed by atoms with Gasteiger partial charge in [-0.25, -0.2) is 0 Å². The minimum absolute atomic E-state index is 0.104. The second-order valence-corrected chi connectivity index (χ2v) is 5.40. The maximum Gasteiger partial charge on any atom is 0.323 e. The van der Waals surface area contributed by atoms with Crippen LogP contribution < -0.4 is 0 Å². The quantitative estimate of drug-likeness (QED) is 0.782. The summed E-state index contributed by atoms with van der Waals surface area (Å²) in [5.41, 5.74) is 2.23. The molecule has 1 aromatic heterocycles. The molecule has 98 valence electrons. The normalized spacial score (nSPS) is 10.8. The summed E-state index contributed by atoms with van der Waals surface area (Å²) >= 11 is 3.42. The zero-order chi connectivity index (χ0) is 14.3. The number of aromatic nitrogens is 1. The molecule has 1 heterocycles. The molecule has 0 saturated heterocycles. The van der Waals surface area contributed by atoms with Gasteiger partial charge >= 0.3 is 5.97 Å². The lowest BCUT2D eigenvalue weighted by Gasteiger charge is -2.03. The first-order valence-corrected chi connectivity index (χ1v) is 6.73. The highest BCUT2D eigenvalue weighted by molar-refractivity contribution is 9.10. The first-order valence-electron chi connectivity index (χ1n) is 5.93. The molecule has 4 nitrogen and oxygen atoms in total. The fourth-order valence-corrected chi connectivity index (χ4v) is 2.81. The summed E-state index contributed by atoms with van der Waals surface area (Å²) in [5.74, 6) is -0.893. The lowest BCUT2D eigenvalue weighted by molar-refractivity contribution is -0.137. The molecule has 0 aliphatic heterocycles. The zero-order valence-corrected chi connectivity index (χ0v) is 11.9. The van der Waals surface area contributed by atoms with Crippen molar-refractivity contribution in [1.82, 2.24) is 4.57 Å². The predicted octanol–water partition coefficient (Wildman–Crippen LogP) is 3.51. The van der Waals surface area contributed by atoms with Crippen molar-refractivity contribution in [3.63, 3.8) is 0 Å². The maximum atomic E-state index is 11.1. The highest BCUT2D eigenvalue weighted by Gasteiger charge is 2.13. The van der Waals surface area contributed by atoms with Crippen LogP contribution in [-0.2, 0) is 11.3 Å². The highest BCUT2D eigenvalue weighted by Crippen LogP contribution is 2.31. The third kappa shape index (κ3) is 1.95. The first kappa shape index (κ1) is 12.7. The number of carboxylic acid groups (broad SMARTS) is 1. The molecule has 0 amide bonds. The second-order valence-electron chi connectivity index (χ2n) is 4.49. The highest BCUT2D eigenvalue weighted by atomic mass is 79.9. The Bertz CT molecular complexity index is 890. The zero-order valence-electron chi connectivity index (χ0n) is 10.3. The SMILES string of the molecule is N#Cc1ccc2c(c1)c1cc(Br)ccc1n2CC(=O)O. The van der Waals surface area contributed by atoms with Crippen LogP contribution in [0.5, 0.6) is 0 Å². The van der Waals surface area contributed by atoms with E-state index < -0.39 is 5.97 Å². The van der Waals surface area contributed by atoms with Crippen molar-refractivity contribution >= 4 is 43.7 Å². The number of carboxylic acids is 1. The van der Waals surface area contributed by atoms with E-state index in [-0.39, 0.29) is 6.54 Å². The minimum atomic E-state index is -0.893. The number of rotatable bonds is 2. The van der Waals surface area contributed by atoms with E-state index >= 15 is 0 Å². The van der Waals surface area contributed by atoms with Crippen molar-refractivity contribution in [2.24, 2.45) is 0 Å². The number of aliphatic carboxylic acids is 1. The van der Waals surface area contributed by atoms with Crippen LogP contribution in [0.2, 0.25) is 0 Å². The smallest absolute Gasteiger partial charge is 0.323 e. The Kier molecular flexibility index (Phi) is 2.96.